The van der Waals surface area contributed by atoms with Crippen molar-refractivity contribution in [3.8, 4) is 0 Å². The van der Waals surface area contributed by atoms with Crippen molar-refractivity contribution in [1.82, 2.24) is 24.3 Å². The number of aliphatic carboxylic acids is 4. The molecule has 1 aromatic rings. The quantitative estimate of drug-likeness (QED) is 0.130. The summed E-state index contributed by atoms with van der Waals surface area (Å²) in [4.78, 5) is 62.9. The summed E-state index contributed by atoms with van der Waals surface area (Å²) >= 11 is 0. The zero-order valence-corrected chi connectivity index (χ0v) is 18.9. The van der Waals surface area contributed by atoms with Gasteiger partial charge in [-0.25, -0.2) is 9.78 Å². The summed E-state index contributed by atoms with van der Waals surface area (Å²) in [5.74, 6) is -5.02. The molecule has 1 aliphatic heterocycles. The van der Waals surface area contributed by atoms with Gasteiger partial charge in [0, 0.05) is 19.5 Å². The Morgan fingerprint density at radius 1 is 0.972 bits per heavy atom. The van der Waals surface area contributed by atoms with Gasteiger partial charge in [0.15, 0.2) is 0 Å². The fourth-order valence-electron chi connectivity index (χ4n) is 3.08. The zero-order chi connectivity index (χ0) is 27.4. The van der Waals surface area contributed by atoms with E-state index in [1.54, 1.807) is 0 Å². The van der Waals surface area contributed by atoms with E-state index in [4.69, 9.17) is 36.0 Å². The number of hydrogen-bond donors (Lipinski definition) is 7. The molecular weight excluding hydrogens is 492 g/mol. The molecule has 1 aromatic heterocycles. The Hall–Kier alpha value is -3.71. The number of carbonyl (C=O) groups is 4. The summed E-state index contributed by atoms with van der Waals surface area (Å²) in [5.41, 5.74) is 4.65. The van der Waals surface area contributed by atoms with Crippen LogP contribution in [0.25, 0.3) is 0 Å². The van der Waals surface area contributed by atoms with Gasteiger partial charge in [-0.1, -0.05) is 0 Å². The monoisotopic (exact) mass is 520 g/mol. The highest BCUT2D eigenvalue weighted by Gasteiger charge is 2.35. The summed E-state index contributed by atoms with van der Waals surface area (Å²) in [5, 5.41) is 52.9. The zero-order valence-electron chi connectivity index (χ0n) is 18.9. The van der Waals surface area contributed by atoms with E-state index < -0.39 is 74.2 Å². The average Bonchev–Trinajstić information content (AvgIpc) is 3.11. The second-order valence-electron chi connectivity index (χ2n) is 7.52. The Morgan fingerprint density at radius 2 is 1.42 bits per heavy atom. The third kappa shape index (κ3) is 11.1. The molecule has 36 heavy (non-hydrogen) atoms. The summed E-state index contributed by atoms with van der Waals surface area (Å²) in [6, 6.07) is 0. The highest BCUT2D eigenvalue weighted by molar-refractivity contribution is 5.73. The van der Waals surface area contributed by atoms with Gasteiger partial charge >= 0.3 is 29.6 Å². The Labute approximate surface area is 202 Å². The van der Waals surface area contributed by atoms with Crippen LogP contribution in [0.4, 0.5) is 5.95 Å². The molecule has 0 radical (unpaired) electrons. The van der Waals surface area contributed by atoms with Crippen molar-refractivity contribution in [1.29, 1.82) is 0 Å². The molecule has 2 heterocycles. The number of nitrogens with zero attached hydrogens (tertiary/aromatic N) is 5. The Balaban J connectivity index is 0.000000367. The van der Waals surface area contributed by atoms with Gasteiger partial charge in [0.2, 0.25) is 5.95 Å². The fourth-order valence-corrected chi connectivity index (χ4v) is 3.08. The van der Waals surface area contributed by atoms with Crippen LogP contribution in [-0.4, -0.2) is 137 Å². The lowest BCUT2D eigenvalue weighted by Gasteiger charge is -2.23. The Kier molecular flexibility index (Phi) is 12.3. The molecule has 1 saturated heterocycles. The topological polar surface area (TPSA) is 279 Å². The second-order valence-corrected chi connectivity index (χ2v) is 7.52. The highest BCUT2D eigenvalue weighted by atomic mass is 16.5. The molecule has 3 atom stereocenters. The van der Waals surface area contributed by atoms with E-state index in [2.05, 4.69) is 9.97 Å². The number of aromatic nitrogens is 3. The third-order valence-electron chi connectivity index (χ3n) is 4.61. The normalized spacial score (nSPS) is 19.1. The summed E-state index contributed by atoms with van der Waals surface area (Å²) in [6.45, 7) is -2.55. The van der Waals surface area contributed by atoms with Crippen LogP contribution in [0.2, 0.25) is 0 Å². The standard InChI is InChI=1S/C10H16N2O8.C8H12N4O4/c13-7(14)3-11(4-8(15)16)1-2-12(5-9(17)18)6-10(19)20;9-7-10-3-12(8(15)11-7)6-1-4(14)5(2-13)16-6/h1-6H2,(H,13,14)(H,15,16)(H,17,18)(H,19,20);3-6,13-14H,1-2H2,(H2,9,11,15)/t;4-,5+,6+/m.0/s1. The third-order valence-corrected chi connectivity index (χ3v) is 4.61. The van der Waals surface area contributed by atoms with E-state index in [1.807, 2.05) is 0 Å². The number of carboxylic acid groups (broad SMARTS) is 4. The van der Waals surface area contributed by atoms with Crippen molar-refractivity contribution in [2.24, 2.45) is 0 Å². The minimum atomic E-state index is -1.23. The molecule has 18 heteroatoms. The number of carboxylic acids is 4. The Morgan fingerprint density at radius 3 is 1.75 bits per heavy atom. The molecule has 1 aliphatic rings. The van der Waals surface area contributed by atoms with Gasteiger partial charge in [0.1, 0.15) is 18.7 Å². The molecule has 0 aromatic carbocycles. The SMILES string of the molecule is Nc1ncn([C@H]2C[C@H](O)[C@@H](CO)O2)c(=O)n1.O=C(O)CN(CCN(CC(=O)O)CC(=O)O)CC(=O)O. The second kappa shape index (κ2) is 14.6. The molecule has 1 fully saturated rings. The van der Waals surface area contributed by atoms with Gasteiger partial charge in [-0.3, -0.25) is 33.5 Å². The number of nitrogen functional groups attached to an aromatic ring is 1. The summed E-state index contributed by atoms with van der Waals surface area (Å²) in [7, 11) is 0. The molecule has 18 nitrogen and oxygen atoms in total. The number of aliphatic hydroxyl groups excluding tert-OH is 2. The number of aliphatic hydroxyl groups is 2. The van der Waals surface area contributed by atoms with Gasteiger partial charge in [-0.2, -0.15) is 4.98 Å². The maximum atomic E-state index is 11.4. The van der Waals surface area contributed by atoms with Crippen LogP contribution in [0.3, 0.4) is 0 Å². The van der Waals surface area contributed by atoms with Crippen LogP contribution in [0, 0.1) is 0 Å². The van der Waals surface area contributed by atoms with Crippen molar-refractivity contribution in [2.45, 2.75) is 24.9 Å². The first-order valence-electron chi connectivity index (χ1n) is 10.3. The summed E-state index contributed by atoms with van der Waals surface area (Å²) < 4.78 is 6.41. The van der Waals surface area contributed by atoms with E-state index in [-0.39, 0.29) is 32.1 Å². The molecule has 0 aliphatic carbocycles. The van der Waals surface area contributed by atoms with Gasteiger partial charge in [-0.05, 0) is 0 Å². The summed E-state index contributed by atoms with van der Waals surface area (Å²) in [6.07, 6.45) is -0.741. The molecule has 2 rings (SSSR count). The first-order valence-corrected chi connectivity index (χ1v) is 10.3. The first kappa shape index (κ1) is 30.3. The molecule has 0 spiro atoms. The maximum absolute atomic E-state index is 11.4. The largest absolute Gasteiger partial charge is 0.480 e. The van der Waals surface area contributed by atoms with Crippen LogP contribution >= 0.6 is 0 Å². The smallest absolute Gasteiger partial charge is 0.354 e. The van der Waals surface area contributed by atoms with Crippen molar-refractivity contribution >= 4 is 29.8 Å². The maximum Gasteiger partial charge on any atom is 0.354 e. The minimum Gasteiger partial charge on any atom is -0.480 e. The first-order chi connectivity index (χ1) is 16.8. The average molecular weight is 520 g/mol. The van der Waals surface area contributed by atoms with Crippen molar-refractivity contribution in [3.63, 3.8) is 0 Å². The lowest BCUT2D eigenvalue weighted by atomic mass is 10.2. The minimum absolute atomic E-state index is 0.0703. The molecule has 0 amide bonds. The number of nitrogens with two attached hydrogens (primary N) is 1. The van der Waals surface area contributed by atoms with Gasteiger partial charge in [-0.15, -0.1) is 0 Å². The lowest BCUT2D eigenvalue weighted by Crippen LogP contribution is -2.43. The molecule has 0 saturated carbocycles. The van der Waals surface area contributed by atoms with Gasteiger partial charge in [0.05, 0.1) is 38.9 Å². The van der Waals surface area contributed by atoms with E-state index >= 15 is 0 Å². The van der Waals surface area contributed by atoms with Crippen LogP contribution < -0.4 is 11.4 Å². The molecule has 8 N–H and O–H groups in total. The van der Waals surface area contributed by atoms with Crippen LogP contribution in [0.15, 0.2) is 11.1 Å². The Bertz CT molecular complexity index is 904. The van der Waals surface area contributed by atoms with Crippen LogP contribution in [-0.2, 0) is 23.9 Å². The van der Waals surface area contributed by atoms with E-state index in [9.17, 15) is 29.1 Å². The van der Waals surface area contributed by atoms with Gasteiger partial charge in [0.25, 0.3) is 0 Å². The van der Waals surface area contributed by atoms with E-state index in [0.29, 0.717) is 0 Å². The highest BCUT2D eigenvalue weighted by Crippen LogP contribution is 2.26. The lowest BCUT2D eigenvalue weighted by molar-refractivity contribution is -0.145. The molecule has 0 bridgehead atoms. The number of rotatable bonds is 13. The van der Waals surface area contributed by atoms with Gasteiger partial charge < -0.3 is 41.1 Å². The molecular formula is C18H28N6O12. The van der Waals surface area contributed by atoms with Crippen molar-refractivity contribution in [3.05, 3.63) is 16.8 Å². The van der Waals surface area contributed by atoms with Crippen LogP contribution in [0.1, 0.15) is 12.6 Å². The number of anilines is 1. The molecule has 0 unspecified atom stereocenters. The van der Waals surface area contributed by atoms with E-state index in [1.165, 1.54) is 6.33 Å². The number of hydrogen-bond acceptors (Lipinski definition) is 13. The number of ether oxygens (including phenoxy) is 1. The fraction of sp³-hybridized carbons (Fsp3) is 0.611. The van der Waals surface area contributed by atoms with E-state index in [0.717, 1.165) is 14.4 Å². The van der Waals surface area contributed by atoms with Crippen LogP contribution in [0.5, 0.6) is 0 Å². The predicted octanol–water partition coefficient (Wildman–Crippen LogP) is -4.21. The van der Waals surface area contributed by atoms with Crippen molar-refractivity contribution < 1.29 is 54.6 Å². The van der Waals surface area contributed by atoms with Crippen molar-refractivity contribution in [2.75, 3.05) is 51.6 Å². The molecule has 202 valence electrons. The predicted molar refractivity (Wildman–Crippen MR) is 116 cm³/mol.